The molecule has 0 aliphatic rings. The number of aromatic nitrogens is 3. The van der Waals surface area contributed by atoms with Crippen LogP contribution in [0.15, 0.2) is 54.9 Å². The molecule has 0 N–H and O–H groups in total. The number of carbonyl (C=O) groups excluding carboxylic acids is 2. The van der Waals surface area contributed by atoms with E-state index in [0.717, 1.165) is 12.1 Å². The summed E-state index contributed by atoms with van der Waals surface area (Å²) < 4.78 is 45.4. The second-order valence-electron chi connectivity index (χ2n) is 7.25. The molecule has 0 aliphatic carbocycles. The molecule has 2 heterocycles. The molecule has 0 radical (unpaired) electrons. The number of hydrogen-bond acceptors (Lipinski definition) is 5. The zero-order valence-corrected chi connectivity index (χ0v) is 17.8. The Kier molecular flexibility index (Phi) is 6.07. The van der Waals surface area contributed by atoms with Crippen LogP contribution in [0.4, 0.5) is 13.2 Å². The van der Waals surface area contributed by atoms with Crippen LogP contribution in [0.1, 0.15) is 34.2 Å². The van der Waals surface area contributed by atoms with Gasteiger partial charge in [0, 0.05) is 13.2 Å². The second kappa shape index (κ2) is 8.45. The second-order valence-corrected chi connectivity index (χ2v) is 7.25. The Morgan fingerprint density at radius 2 is 1.84 bits per heavy atom. The summed E-state index contributed by atoms with van der Waals surface area (Å²) in [6.07, 6.45) is -1.77. The first kappa shape index (κ1) is 23.0. The molecule has 3 aromatic rings. The lowest BCUT2D eigenvalue weighted by molar-refractivity contribution is -0.153. The van der Waals surface area contributed by atoms with Crippen LogP contribution in [-0.4, -0.2) is 45.7 Å². The van der Waals surface area contributed by atoms with Crippen molar-refractivity contribution in [2.75, 3.05) is 14.2 Å². The maximum absolute atomic E-state index is 13.3. The number of methoxy groups -OCH3 is 1. The predicted molar refractivity (Wildman–Crippen MR) is 109 cm³/mol. The van der Waals surface area contributed by atoms with Crippen LogP contribution in [0.2, 0.25) is 0 Å². The molecule has 2 aromatic heterocycles. The fourth-order valence-corrected chi connectivity index (χ4v) is 3.34. The minimum Gasteiger partial charge on any atom is -0.467 e. The van der Waals surface area contributed by atoms with Gasteiger partial charge in [0.2, 0.25) is 0 Å². The van der Waals surface area contributed by atoms with Crippen LogP contribution >= 0.6 is 0 Å². The molecule has 1 amide bonds. The molecule has 1 unspecified atom stereocenters. The standard InChI is InChI=1S/C22H21F3N4O3/c1-14-17(13-27-29(14)16-9-7-8-15(12-16)22(23,24)25)19(30)28(3)21(2,20(31)32-4)18-10-5-6-11-26-18/h5-13H,1-4H3. The number of alkyl halides is 3. The van der Waals surface area contributed by atoms with Gasteiger partial charge in [-0.3, -0.25) is 9.78 Å². The summed E-state index contributed by atoms with van der Waals surface area (Å²) >= 11 is 0. The summed E-state index contributed by atoms with van der Waals surface area (Å²) in [5.74, 6) is -1.27. The SMILES string of the molecule is COC(=O)C(C)(c1ccccn1)N(C)C(=O)c1cnn(-c2cccc(C(F)(F)F)c2)c1C. The molecular formula is C22H21F3N4O3. The van der Waals surface area contributed by atoms with Gasteiger partial charge in [-0.1, -0.05) is 12.1 Å². The highest BCUT2D eigenvalue weighted by atomic mass is 19.4. The summed E-state index contributed by atoms with van der Waals surface area (Å²) in [6, 6.07) is 9.58. The first-order valence-electron chi connectivity index (χ1n) is 9.52. The van der Waals surface area contributed by atoms with E-state index in [1.54, 1.807) is 25.1 Å². The van der Waals surface area contributed by atoms with E-state index in [4.69, 9.17) is 4.74 Å². The number of halogens is 3. The predicted octanol–water partition coefficient (Wildman–Crippen LogP) is 3.75. The van der Waals surface area contributed by atoms with Gasteiger partial charge in [-0.05, 0) is 44.2 Å². The zero-order chi connectivity index (χ0) is 23.7. The fraction of sp³-hybridized carbons (Fsp3) is 0.273. The van der Waals surface area contributed by atoms with E-state index < -0.39 is 29.2 Å². The van der Waals surface area contributed by atoms with Crippen LogP contribution in [0.25, 0.3) is 5.69 Å². The van der Waals surface area contributed by atoms with Gasteiger partial charge in [-0.25, -0.2) is 9.48 Å². The summed E-state index contributed by atoms with van der Waals surface area (Å²) in [4.78, 5) is 31.4. The van der Waals surface area contributed by atoms with Crippen molar-refractivity contribution in [3.8, 4) is 5.69 Å². The third-order valence-electron chi connectivity index (χ3n) is 5.38. The maximum atomic E-state index is 13.3. The Morgan fingerprint density at radius 1 is 1.12 bits per heavy atom. The quantitative estimate of drug-likeness (QED) is 0.558. The van der Waals surface area contributed by atoms with Gasteiger partial charge in [0.15, 0.2) is 5.54 Å². The number of esters is 1. The van der Waals surface area contributed by atoms with E-state index in [9.17, 15) is 22.8 Å². The maximum Gasteiger partial charge on any atom is 0.416 e. The third-order valence-corrected chi connectivity index (χ3v) is 5.38. The normalized spacial score (nSPS) is 13.3. The number of amides is 1. The summed E-state index contributed by atoms with van der Waals surface area (Å²) in [5, 5.41) is 4.10. The largest absolute Gasteiger partial charge is 0.467 e. The van der Waals surface area contributed by atoms with Gasteiger partial charge >= 0.3 is 12.1 Å². The monoisotopic (exact) mass is 446 g/mol. The van der Waals surface area contributed by atoms with Crippen molar-refractivity contribution in [1.82, 2.24) is 19.7 Å². The fourth-order valence-electron chi connectivity index (χ4n) is 3.34. The molecule has 1 atom stereocenters. The number of carbonyl (C=O) groups is 2. The van der Waals surface area contributed by atoms with Crippen molar-refractivity contribution in [3.63, 3.8) is 0 Å². The van der Waals surface area contributed by atoms with E-state index in [1.165, 1.54) is 55.2 Å². The molecule has 0 spiro atoms. The lowest BCUT2D eigenvalue weighted by Crippen LogP contribution is -2.51. The van der Waals surface area contributed by atoms with Crippen LogP contribution in [0.3, 0.4) is 0 Å². The molecular weight excluding hydrogens is 425 g/mol. The number of rotatable bonds is 5. The molecule has 0 aliphatic heterocycles. The van der Waals surface area contributed by atoms with Gasteiger partial charge in [-0.15, -0.1) is 0 Å². The van der Waals surface area contributed by atoms with Crippen LogP contribution in [0.5, 0.6) is 0 Å². The zero-order valence-electron chi connectivity index (χ0n) is 17.8. The molecule has 0 saturated heterocycles. The van der Waals surface area contributed by atoms with Gasteiger partial charge in [0.25, 0.3) is 5.91 Å². The summed E-state index contributed by atoms with van der Waals surface area (Å²) in [7, 11) is 2.63. The highest BCUT2D eigenvalue weighted by molar-refractivity contribution is 5.98. The summed E-state index contributed by atoms with van der Waals surface area (Å²) in [5.41, 5.74) is -1.49. The van der Waals surface area contributed by atoms with Gasteiger partial charge in [0.05, 0.1) is 41.5 Å². The minimum atomic E-state index is -4.51. The average molecular weight is 446 g/mol. The van der Waals surface area contributed by atoms with Gasteiger partial charge in [-0.2, -0.15) is 18.3 Å². The molecule has 168 valence electrons. The lowest BCUT2D eigenvalue weighted by Gasteiger charge is -2.35. The van der Waals surface area contributed by atoms with E-state index in [0.29, 0.717) is 11.4 Å². The average Bonchev–Trinajstić information content (AvgIpc) is 3.18. The van der Waals surface area contributed by atoms with Crippen molar-refractivity contribution in [2.24, 2.45) is 0 Å². The lowest BCUT2D eigenvalue weighted by atomic mass is 9.94. The van der Waals surface area contributed by atoms with Crippen LogP contribution < -0.4 is 0 Å². The Morgan fingerprint density at radius 3 is 2.44 bits per heavy atom. The highest BCUT2D eigenvalue weighted by Gasteiger charge is 2.45. The van der Waals surface area contributed by atoms with E-state index >= 15 is 0 Å². The third kappa shape index (κ3) is 3.95. The summed E-state index contributed by atoms with van der Waals surface area (Å²) in [6.45, 7) is 3.07. The van der Waals surface area contributed by atoms with Crippen molar-refractivity contribution in [1.29, 1.82) is 0 Å². The molecule has 7 nitrogen and oxygen atoms in total. The molecule has 32 heavy (non-hydrogen) atoms. The molecule has 0 bridgehead atoms. The number of ether oxygens (including phenoxy) is 1. The first-order chi connectivity index (χ1) is 15.0. The molecule has 10 heteroatoms. The molecule has 0 fully saturated rings. The topological polar surface area (TPSA) is 77.3 Å². The number of pyridine rings is 1. The molecule has 0 saturated carbocycles. The Labute approximate surface area is 182 Å². The van der Waals surface area contributed by atoms with Crippen molar-refractivity contribution in [2.45, 2.75) is 25.6 Å². The smallest absolute Gasteiger partial charge is 0.416 e. The van der Waals surface area contributed by atoms with Crippen molar-refractivity contribution < 1.29 is 27.5 Å². The van der Waals surface area contributed by atoms with Crippen LogP contribution in [0, 0.1) is 6.92 Å². The van der Waals surface area contributed by atoms with Crippen molar-refractivity contribution in [3.05, 3.63) is 77.4 Å². The Hall–Kier alpha value is -3.69. The number of likely N-dealkylation sites (N-methyl/N-ethyl adjacent to an activating group) is 1. The first-order valence-corrected chi connectivity index (χ1v) is 9.52. The van der Waals surface area contributed by atoms with Crippen LogP contribution in [-0.2, 0) is 21.2 Å². The molecule has 1 aromatic carbocycles. The van der Waals surface area contributed by atoms with Crippen molar-refractivity contribution >= 4 is 11.9 Å². The number of benzene rings is 1. The van der Waals surface area contributed by atoms with Gasteiger partial charge < -0.3 is 9.64 Å². The Balaban J connectivity index is 2.02. The van der Waals surface area contributed by atoms with Gasteiger partial charge in [0.1, 0.15) is 0 Å². The molecule has 3 rings (SSSR count). The Bertz CT molecular complexity index is 1140. The minimum absolute atomic E-state index is 0.121. The number of nitrogens with zero attached hydrogens (tertiary/aromatic N) is 4. The van der Waals surface area contributed by atoms with E-state index in [1.807, 2.05) is 0 Å². The number of hydrogen-bond donors (Lipinski definition) is 0. The van der Waals surface area contributed by atoms with E-state index in [2.05, 4.69) is 10.1 Å². The van der Waals surface area contributed by atoms with E-state index in [-0.39, 0.29) is 11.3 Å². The highest BCUT2D eigenvalue weighted by Crippen LogP contribution is 2.32.